The second-order valence-electron chi connectivity index (χ2n) is 6.09. The number of esters is 2. The van der Waals surface area contributed by atoms with Gasteiger partial charge in [-0.25, -0.2) is 4.79 Å². The molecule has 1 N–H and O–H groups in total. The number of para-hydroxylation sites is 1. The van der Waals surface area contributed by atoms with E-state index in [1.165, 1.54) is 24.3 Å². The summed E-state index contributed by atoms with van der Waals surface area (Å²) in [4.78, 5) is 36.6. The quantitative estimate of drug-likeness (QED) is 0.536. The number of carbonyl (C=O) groups is 3. The average molecular weight is 401 g/mol. The Balaban J connectivity index is 1.76. The van der Waals surface area contributed by atoms with Crippen molar-refractivity contribution in [3.8, 4) is 0 Å². The Hall–Kier alpha value is -2.80. The first-order valence-corrected chi connectivity index (χ1v) is 9.72. The molecule has 0 unspecified atom stereocenters. The number of hydrogen-bond donors (Lipinski definition) is 1. The number of carbonyl (C=O) groups excluding carboxylic acids is 3. The van der Waals surface area contributed by atoms with Gasteiger partial charge in [-0.1, -0.05) is 18.2 Å². The van der Waals surface area contributed by atoms with Gasteiger partial charge in [-0.15, -0.1) is 11.8 Å². The van der Waals surface area contributed by atoms with E-state index in [0.717, 1.165) is 4.90 Å². The Labute approximate surface area is 168 Å². The monoisotopic (exact) mass is 401 g/mol. The highest BCUT2D eigenvalue weighted by Gasteiger charge is 2.14. The van der Waals surface area contributed by atoms with Crippen molar-refractivity contribution in [2.24, 2.45) is 0 Å². The van der Waals surface area contributed by atoms with E-state index in [1.54, 1.807) is 30.0 Å². The maximum Gasteiger partial charge on any atom is 0.339 e. The molecule has 0 radical (unpaired) electrons. The summed E-state index contributed by atoms with van der Waals surface area (Å²) in [6, 6.07) is 12.6. The van der Waals surface area contributed by atoms with Crippen LogP contribution in [-0.4, -0.2) is 37.3 Å². The number of nitrogens with one attached hydrogen (secondary N) is 1. The molecule has 1 amide bonds. The van der Waals surface area contributed by atoms with E-state index >= 15 is 0 Å². The summed E-state index contributed by atoms with van der Waals surface area (Å²) >= 11 is 1.56. The highest BCUT2D eigenvalue weighted by Crippen LogP contribution is 2.22. The first kappa shape index (κ1) is 21.5. The van der Waals surface area contributed by atoms with Gasteiger partial charge in [0.1, 0.15) is 0 Å². The Kier molecular flexibility index (Phi) is 8.07. The molecule has 7 heteroatoms. The van der Waals surface area contributed by atoms with Gasteiger partial charge in [-0.3, -0.25) is 9.59 Å². The predicted octanol–water partition coefficient (Wildman–Crippen LogP) is 3.75. The summed E-state index contributed by atoms with van der Waals surface area (Å²) in [7, 11) is 1.26. The highest BCUT2D eigenvalue weighted by molar-refractivity contribution is 7.99. The minimum Gasteiger partial charge on any atom is -0.465 e. The van der Waals surface area contributed by atoms with E-state index in [9.17, 15) is 14.4 Å². The molecule has 2 rings (SSSR count). The van der Waals surface area contributed by atoms with Crippen LogP contribution in [-0.2, 0) is 19.1 Å². The van der Waals surface area contributed by atoms with Gasteiger partial charge in [-0.05, 0) is 49.2 Å². The zero-order valence-electron chi connectivity index (χ0n) is 16.1. The van der Waals surface area contributed by atoms with Crippen LogP contribution in [0, 0.1) is 13.8 Å². The van der Waals surface area contributed by atoms with E-state index in [0.29, 0.717) is 11.4 Å². The molecular formula is C21H23NO5S. The smallest absolute Gasteiger partial charge is 0.339 e. The number of ether oxygens (including phenoxy) is 2. The molecule has 0 fully saturated rings. The van der Waals surface area contributed by atoms with Crippen molar-refractivity contribution in [3.63, 3.8) is 0 Å². The molecule has 148 valence electrons. The molecule has 0 aliphatic rings. The maximum atomic E-state index is 12.0. The summed E-state index contributed by atoms with van der Waals surface area (Å²) in [6.07, 6.45) is 0.198. The fourth-order valence-electron chi connectivity index (χ4n) is 2.34. The van der Waals surface area contributed by atoms with E-state index in [4.69, 9.17) is 4.74 Å². The molecule has 6 nitrogen and oxygen atoms in total. The molecule has 0 saturated carbocycles. The summed E-state index contributed by atoms with van der Waals surface area (Å²) in [5.41, 5.74) is 2.97. The number of rotatable bonds is 8. The summed E-state index contributed by atoms with van der Waals surface area (Å²) in [5.74, 6) is -0.968. The van der Waals surface area contributed by atoms with Crippen LogP contribution in [0.25, 0.3) is 0 Å². The minimum atomic E-state index is -0.559. The Morgan fingerprint density at radius 3 is 2.50 bits per heavy atom. The fourth-order valence-corrected chi connectivity index (χ4v) is 3.27. The number of anilines is 1. The van der Waals surface area contributed by atoms with Gasteiger partial charge in [0.15, 0.2) is 6.61 Å². The first-order chi connectivity index (χ1) is 13.4. The second-order valence-corrected chi connectivity index (χ2v) is 7.26. The fraction of sp³-hybridized carbons (Fsp3) is 0.286. The maximum absolute atomic E-state index is 12.0. The zero-order valence-corrected chi connectivity index (χ0v) is 16.9. The number of hydrogen-bond acceptors (Lipinski definition) is 6. The van der Waals surface area contributed by atoms with Gasteiger partial charge in [0, 0.05) is 10.6 Å². The number of methoxy groups -OCH3 is 1. The lowest BCUT2D eigenvalue weighted by Gasteiger charge is -2.10. The Bertz CT molecular complexity index is 866. The second kappa shape index (κ2) is 10.5. The molecule has 0 atom stereocenters. The normalized spacial score (nSPS) is 10.2. The first-order valence-electron chi connectivity index (χ1n) is 8.73. The van der Waals surface area contributed by atoms with Crippen LogP contribution >= 0.6 is 11.8 Å². The van der Waals surface area contributed by atoms with Crippen molar-refractivity contribution in [3.05, 3.63) is 59.2 Å². The summed E-state index contributed by atoms with van der Waals surface area (Å²) < 4.78 is 9.68. The van der Waals surface area contributed by atoms with Crippen LogP contribution in [0.3, 0.4) is 0 Å². The van der Waals surface area contributed by atoms with Crippen molar-refractivity contribution in [1.82, 2.24) is 0 Å². The molecule has 0 spiro atoms. The number of benzene rings is 2. The molecular weight excluding hydrogens is 378 g/mol. The lowest BCUT2D eigenvalue weighted by molar-refractivity contribution is -0.146. The van der Waals surface area contributed by atoms with E-state index in [-0.39, 0.29) is 12.0 Å². The third kappa shape index (κ3) is 6.42. The SMILES string of the molecule is COC(=O)c1ccccc1NC(=O)COC(=O)CCSc1ccc(C)c(C)c1. The van der Waals surface area contributed by atoms with Crippen molar-refractivity contribution in [2.45, 2.75) is 25.2 Å². The molecule has 0 saturated heterocycles. The highest BCUT2D eigenvalue weighted by atomic mass is 32.2. The van der Waals surface area contributed by atoms with Crippen LogP contribution in [0.5, 0.6) is 0 Å². The molecule has 2 aromatic carbocycles. The molecule has 2 aromatic rings. The van der Waals surface area contributed by atoms with Crippen LogP contribution in [0.4, 0.5) is 5.69 Å². The lowest BCUT2D eigenvalue weighted by Crippen LogP contribution is -2.22. The Morgan fingerprint density at radius 2 is 1.79 bits per heavy atom. The average Bonchev–Trinajstić information content (AvgIpc) is 2.69. The third-order valence-electron chi connectivity index (χ3n) is 4.02. The van der Waals surface area contributed by atoms with Gasteiger partial charge in [0.05, 0.1) is 24.8 Å². The topological polar surface area (TPSA) is 81.7 Å². The molecule has 28 heavy (non-hydrogen) atoms. The van der Waals surface area contributed by atoms with Gasteiger partial charge in [-0.2, -0.15) is 0 Å². The van der Waals surface area contributed by atoms with E-state index in [2.05, 4.69) is 23.0 Å². The van der Waals surface area contributed by atoms with Crippen molar-refractivity contribution in [1.29, 1.82) is 0 Å². The van der Waals surface area contributed by atoms with Gasteiger partial charge < -0.3 is 14.8 Å². The standard InChI is InChI=1S/C21H23NO5S/c1-14-8-9-16(12-15(14)2)28-11-10-20(24)27-13-19(23)22-18-7-5-4-6-17(18)21(25)26-3/h4-9,12H,10-11,13H2,1-3H3,(H,22,23). The van der Waals surface area contributed by atoms with Crippen molar-refractivity contribution >= 4 is 35.3 Å². The van der Waals surface area contributed by atoms with Crippen LogP contribution in [0.2, 0.25) is 0 Å². The molecule has 0 bridgehead atoms. The zero-order chi connectivity index (χ0) is 20.5. The van der Waals surface area contributed by atoms with Crippen molar-refractivity contribution in [2.75, 3.05) is 24.8 Å². The minimum absolute atomic E-state index is 0.198. The largest absolute Gasteiger partial charge is 0.465 e. The number of thioether (sulfide) groups is 1. The molecule has 0 aromatic heterocycles. The Morgan fingerprint density at radius 1 is 1.04 bits per heavy atom. The van der Waals surface area contributed by atoms with Crippen molar-refractivity contribution < 1.29 is 23.9 Å². The number of amides is 1. The number of aryl methyl sites for hydroxylation is 2. The van der Waals surface area contributed by atoms with Gasteiger partial charge in [0.25, 0.3) is 5.91 Å². The van der Waals surface area contributed by atoms with Crippen LogP contribution < -0.4 is 5.32 Å². The van der Waals surface area contributed by atoms with Crippen LogP contribution in [0.1, 0.15) is 27.9 Å². The third-order valence-corrected chi connectivity index (χ3v) is 5.02. The predicted molar refractivity (Wildman–Crippen MR) is 109 cm³/mol. The van der Waals surface area contributed by atoms with Gasteiger partial charge in [0.2, 0.25) is 0 Å². The van der Waals surface area contributed by atoms with Gasteiger partial charge >= 0.3 is 11.9 Å². The van der Waals surface area contributed by atoms with Crippen LogP contribution in [0.15, 0.2) is 47.4 Å². The molecule has 0 aliphatic carbocycles. The van der Waals surface area contributed by atoms with E-state index < -0.39 is 24.5 Å². The molecule has 0 heterocycles. The summed E-state index contributed by atoms with van der Waals surface area (Å²) in [6.45, 7) is 3.68. The molecule has 0 aliphatic heterocycles. The summed E-state index contributed by atoms with van der Waals surface area (Å²) in [5, 5.41) is 2.55. The lowest BCUT2D eigenvalue weighted by atomic mass is 10.1. The van der Waals surface area contributed by atoms with E-state index in [1.807, 2.05) is 19.1 Å².